The van der Waals surface area contributed by atoms with Gasteiger partial charge in [0.15, 0.2) is 0 Å². The predicted octanol–water partition coefficient (Wildman–Crippen LogP) is 4.94. The van der Waals surface area contributed by atoms with Gasteiger partial charge in [0.2, 0.25) is 0 Å². The van der Waals surface area contributed by atoms with Crippen molar-refractivity contribution < 1.29 is 41.0 Å². The number of ether oxygens (including phenoxy) is 3. The van der Waals surface area contributed by atoms with Crippen molar-refractivity contribution in [1.82, 2.24) is 14.9 Å². The fraction of sp³-hybridized carbons (Fsp3) is 0.424. The monoisotopic (exact) mass is 662 g/mol. The Morgan fingerprint density at radius 3 is 2.55 bits per heavy atom. The number of hydrogen-bond donors (Lipinski definition) is 1. The zero-order valence-corrected chi connectivity index (χ0v) is 26.4. The lowest BCUT2D eigenvalue weighted by Gasteiger charge is -2.38. The summed E-state index contributed by atoms with van der Waals surface area (Å²) in [5.74, 6) is -3.22. The van der Waals surface area contributed by atoms with Crippen molar-refractivity contribution in [2.45, 2.75) is 51.4 Å². The summed E-state index contributed by atoms with van der Waals surface area (Å²) < 4.78 is 89.1. The number of amides is 1. The van der Waals surface area contributed by atoms with Crippen LogP contribution in [0.4, 0.5) is 27.6 Å². The lowest BCUT2D eigenvalue weighted by atomic mass is 9.91. The summed E-state index contributed by atoms with van der Waals surface area (Å²) in [7, 11) is 3.00. The number of nitrogens with zero attached hydrogens (tertiary/aromatic N) is 3. The number of hydrogen-bond acceptors (Lipinski definition) is 7. The van der Waals surface area contributed by atoms with E-state index in [1.54, 1.807) is 26.1 Å². The number of benzene rings is 2. The van der Waals surface area contributed by atoms with Gasteiger partial charge in [-0.15, -0.1) is 0 Å². The summed E-state index contributed by atoms with van der Waals surface area (Å²) in [6.07, 6.45) is -3.34. The molecule has 1 N–H and O–H groups in total. The molecule has 2 aromatic carbocycles. The van der Waals surface area contributed by atoms with Crippen LogP contribution >= 0.6 is 0 Å². The molecule has 2 aliphatic heterocycles. The Morgan fingerprint density at radius 1 is 1.19 bits per heavy atom. The van der Waals surface area contributed by atoms with E-state index in [0.717, 1.165) is 21.7 Å². The van der Waals surface area contributed by atoms with E-state index in [9.17, 15) is 22.8 Å². The van der Waals surface area contributed by atoms with Crippen molar-refractivity contribution in [1.29, 1.82) is 0 Å². The van der Waals surface area contributed by atoms with Gasteiger partial charge >= 0.3 is 6.18 Å². The first-order valence-corrected chi connectivity index (χ1v) is 15.0. The highest BCUT2D eigenvalue weighted by Crippen LogP contribution is 2.38. The summed E-state index contributed by atoms with van der Waals surface area (Å²) in [6.45, 7) is 6.88. The molecular formula is C33H35F5N4O5. The molecule has 1 fully saturated rings. The molecule has 0 unspecified atom stereocenters. The lowest BCUT2D eigenvalue weighted by Crippen LogP contribution is -2.53. The van der Waals surface area contributed by atoms with Gasteiger partial charge in [0.1, 0.15) is 40.4 Å². The van der Waals surface area contributed by atoms with Crippen LogP contribution in [0.1, 0.15) is 39.3 Å². The number of aryl methyl sites for hydroxylation is 1. The van der Waals surface area contributed by atoms with E-state index in [1.165, 1.54) is 11.7 Å². The maximum Gasteiger partial charge on any atom is 0.411 e. The normalized spacial score (nSPS) is 17.0. The van der Waals surface area contributed by atoms with Crippen LogP contribution in [0.25, 0.3) is 11.3 Å². The highest BCUT2D eigenvalue weighted by Gasteiger charge is 2.46. The Balaban J connectivity index is 1.45. The Bertz CT molecular complexity index is 1750. The number of morpholine rings is 1. The SMILES string of the molecule is C=C(OC)[C@H](Cc1ccc(-c2nc(C)c(C)n(C)c2=O)c2c1CCCO2)NC(=O)c1c(F)cc(N2CCOC[C@@H]2C(F)(F)F)cc1F. The van der Waals surface area contributed by atoms with Crippen LogP contribution in [0, 0.1) is 25.5 Å². The van der Waals surface area contributed by atoms with Gasteiger partial charge < -0.3 is 29.0 Å². The fourth-order valence-electron chi connectivity index (χ4n) is 5.90. The van der Waals surface area contributed by atoms with Gasteiger partial charge in [0, 0.05) is 37.0 Å². The van der Waals surface area contributed by atoms with E-state index in [4.69, 9.17) is 14.2 Å². The first-order chi connectivity index (χ1) is 22.2. The topological polar surface area (TPSA) is 94.9 Å². The summed E-state index contributed by atoms with van der Waals surface area (Å²) in [4.78, 5) is 31.8. The molecule has 9 nitrogen and oxygen atoms in total. The third-order valence-electron chi connectivity index (χ3n) is 8.72. The molecule has 2 atom stereocenters. The zero-order valence-electron chi connectivity index (χ0n) is 26.4. The van der Waals surface area contributed by atoms with E-state index >= 15 is 8.78 Å². The van der Waals surface area contributed by atoms with E-state index in [-0.39, 0.29) is 42.3 Å². The van der Waals surface area contributed by atoms with Gasteiger partial charge in [-0.05, 0) is 56.0 Å². The molecule has 14 heteroatoms. The number of halogens is 5. The average molecular weight is 663 g/mol. The first kappa shape index (κ1) is 33.9. The molecule has 1 saturated heterocycles. The van der Waals surface area contributed by atoms with Crippen LogP contribution in [0.2, 0.25) is 0 Å². The van der Waals surface area contributed by atoms with Crippen LogP contribution < -0.4 is 20.5 Å². The van der Waals surface area contributed by atoms with E-state index in [2.05, 4.69) is 16.9 Å². The van der Waals surface area contributed by atoms with Crippen molar-refractivity contribution in [3.63, 3.8) is 0 Å². The van der Waals surface area contributed by atoms with Gasteiger partial charge in [-0.25, -0.2) is 13.8 Å². The molecule has 47 heavy (non-hydrogen) atoms. The largest absolute Gasteiger partial charge is 0.500 e. The lowest BCUT2D eigenvalue weighted by molar-refractivity contribution is -0.167. The Hall–Kier alpha value is -4.46. The van der Waals surface area contributed by atoms with E-state index < -0.39 is 48.0 Å². The second kappa shape index (κ2) is 13.3. The van der Waals surface area contributed by atoms with Gasteiger partial charge in [-0.3, -0.25) is 9.59 Å². The molecule has 0 radical (unpaired) electrons. The second-order valence-corrected chi connectivity index (χ2v) is 11.5. The summed E-state index contributed by atoms with van der Waals surface area (Å²) >= 11 is 0. The molecule has 1 amide bonds. The predicted molar refractivity (Wildman–Crippen MR) is 164 cm³/mol. The number of carbonyl (C=O) groups excluding carboxylic acids is 1. The highest BCUT2D eigenvalue weighted by molar-refractivity contribution is 5.95. The smallest absolute Gasteiger partial charge is 0.411 e. The minimum atomic E-state index is -4.70. The second-order valence-electron chi connectivity index (χ2n) is 11.5. The number of alkyl halides is 3. The number of fused-ring (bicyclic) bond motifs is 1. The molecule has 3 aromatic rings. The molecule has 1 aromatic heterocycles. The highest BCUT2D eigenvalue weighted by atomic mass is 19.4. The molecule has 3 heterocycles. The van der Waals surface area contributed by atoms with Crippen LogP contribution in [0.5, 0.6) is 5.75 Å². The Morgan fingerprint density at radius 2 is 1.89 bits per heavy atom. The van der Waals surface area contributed by atoms with Gasteiger partial charge in [0.25, 0.3) is 11.5 Å². The summed E-state index contributed by atoms with van der Waals surface area (Å²) in [5, 5.41) is 2.57. The van der Waals surface area contributed by atoms with Crippen molar-refractivity contribution in [3.8, 4) is 17.0 Å². The molecule has 0 bridgehead atoms. The number of methoxy groups -OCH3 is 1. The minimum absolute atomic E-state index is 0.0631. The average Bonchev–Trinajstić information content (AvgIpc) is 3.04. The standard InChI is InChI=1S/C33H35F5N4O5/c1-17-18(2)41(4)32(44)29(39-17)23-9-8-20(22-7-6-11-47-30(22)23)13-26(19(3)45-5)40-31(43)28-24(34)14-21(15-25(28)35)42-10-12-46-16-27(42)33(36,37)38/h8-9,14-15,26-27H,3,6-7,10-13,16H2,1-2,4-5H3,(H,40,43)/t26-,27+/m0/s1. The van der Waals surface area contributed by atoms with Crippen molar-refractivity contribution in [2.75, 3.05) is 38.4 Å². The zero-order chi connectivity index (χ0) is 34.2. The number of aromatic nitrogens is 2. The number of anilines is 1. The van der Waals surface area contributed by atoms with E-state index in [1.807, 2.05) is 6.92 Å². The first-order valence-electron chi connectivity index (χ1n) is 15.0. The molecule has 252 valence electrons. The van der Waals surface area contributed by atoms with E-state index in [0.29, 0.717) is 48.6 Å². The van der Waals surface area contributed by atoms with Crippen LogP contribution in [0.15, 0.2) is 41.4 Å². The summed E-state index contributed by atoms with van der Waals surface area (Å²) in [6, 6.07) is 1.84. The van der Waals surface area contributed by atoms with Crippen LogP contribution in [-0.2, 0) is 29.4 Å². The molecule has 0 saturated carbocycles. The third kappa shape index (κ3) is 6.69. The summed E-state index contributed by atoms with van der Waals surface area (Å²) in [5.41, 5.74) is 2.07. The van der Waals surface area contributed by atoms with Gasteiger partial charge in [-0.2, -0.15) is 13.2 Å². The van der Waals surface area contributed by atoms with Crippen LogP contribution in [0.3, 0.4) is 0 Å². The third-order valence-corrected chi connectivity index (χ3v) is 8.72. The number of carbonyl (C=O) groups is 1. The minimum Gasteiger partial charge on any atom is -0.500 e. The molecule has 5 rings (SSSR count). The van der Waals surface area contributed by atoms with Gasteiger partial charge in [-0.1, -0.05) is 12.6 Å². The number of rotatable bonds is 8. The molecular weight excluding hydrogens is 627 g/mol. The van der Waals surface area contributed by atoms with Crippen molar-refractivity contribution >= 4 is 11.6 Å². The van der Waals surface area contributed by atoms with Gasteiger partial charge in [0.05, 0.1) is 38.7 Å². The maximum atomic E-state index is 15.3. The van der Waals surface area contributed by atoms with Crippen LogP contribution in [-0.4, -0.2) is 67.2 Å². The molecule has 0 spiro atoms. The van der Waals surface area contributed by atoms with Crippen molar-refractivity contribution in [3.05, 3.63) is 86.7 Å². The molecule has 0 aliphatic carbocycles. The Kier molecular flexibility index (Phi) is 9.62. The maximum absolute atomic E-state index is 15.3. The van der Waals surface area contributed by atoms with Crippen molar-refractivity contribution in [2.24, 2.45) is 7.05 Å². The fourth-order valence-corrected chi connectivity index (χ4v) is 5.90. The quantitative estimate of drug-likeness (QED) is 0.270. The molecule has 2 aliphatic rings. The Labute approximate surface area is 267 Å². The number of nitrogens with one attached hydrogen (secondary N) is 1.